The van der Waals surface area contributed by atoms with Gasteiger partial charge >= 0.3 is 0 Å². The maximum atomic E-state index is 13.5. The Bertz CT molecular complexity index is 1380. The van der Waals surface area contributed by atoms with E-state index in [-0.39, 0.29) is 5.78 Å². The molecule has 30 heavy (non-hydrogen) atoms. The van der Waals surface area contributed by atoms with Crippen LogP contribution in [0.25, 0.3) is 10.9 Å². The van der Waals surface area contributed by atoms with Crippen molar-refractivity contribution >= 4 is 22.4 Å². The van der Waals surface area contributed by atoms with E-state index in [0.717, 1.165) is 22.2 Å². The van der Waals surface area contributed by atoms with Crippen LogP contribution in [0.4, 0.5) is 5.69 Å². The van der Waals surface area contributed by atoms with Gasteiger partial charge in [-0.15, -0.1) is 0 Å². The number of carbonyl (C=O) groups excluding carboxylic acids is 1. The van der Waals surface area contributed by atoms with E-state index in [4.69, 9.17) is 10.5 Å². The minimum atomic E-state index is -0.492. The van der Waals surface area contributed by atoms with Gasteiger partial charge in [0.2, 0.25) is 0 Å². The molecule has 0 spiro atoms. The van der Waals surface area contributed by atoms with Crippen molar-refractivity contribution in [3.8, 4) is 17.6 Å². The van der Waals surface area contributed by atoms with Crippen LogP contribution in [0.3, 0.4) is 0 Å². The van der Waals surface area contributed by atoms with Gasteiger partial charge in [0.25, 0.3) is 0 Å². The third-order valence-corrected chi connectivity index (χ3v) is 5.73. The summed E-state index contributed by atoms with van der Waals surface area (Å²) in [6.07, 6.45) is 3.29. The minimum Gasteiger partial charge on any atom is -0.455 e. The van der Waals surface area contributed by atoms with Gasteiger partial charge in [0.05, 0.1) is 22.9 Å². The lowest BCUT2D eigenvalue weighted by molar-refractivity contribution is 0.103. The number of carbonyl (C=O) groups is 1. The number of nitriles is 1. The van der Waals surface area contributed by atoms with Crippen LogP contribution in [0.1, 0.15) is 46.6 Å². The molecule has 3 N–H and O–H groups in total. The number of nitrogen functional groups attached to an aromatic ring is 1. The number of hydrogen-bond acceptors (Lipinski definition) is 5. The van der Waals surface area contributed by atoms with Gasteiger partial charge in [-0.25, -0.2) is 0 Å². The number of nitrogens with zero attached hydrogens (tertiary/aromatic N) is 2. The Balaban J connectivity index is 1.70. The van der Waals surface area contributed by atoms with E-state index in [2.05, 4.69) is 29.9 Å². The van der Waals surface area contributed by atoms with Crippen LogP contribution in [0.2, 0.25) is 0 Å². The fraction of sp³-hybridized carbons (Fsp3) is 0.125. The zero-order valence-corrected chi connectivity index (χ0v) is 16.5. The highest BCUT2D eigenvalue weighted by Crippen LogP contribution is 2.46. The van der Waals surface area contributed by atoms with Crippen LogP contribution in [-0.2, 0) is 5.41 Å². The lowest BCUT2D eigenvalue weighted by Gasteiger charge is -2.32. The van der Waals surface area contributed by atoms with Gasteiger partial charge in [-0.3, -0.25) is 9.78 Å². The summed E-state index contributed by atoms with van der Waals surface area (Å²) in [6.45, 7) is 4.12. The molecule has 0 atom stereocenters. The van der Waals surface area contributed by atoms with Crippen LogP contribution < -0.4 is 10.5 Å². The number of pyridine rings is 1. The molecular weight excluding hydrogens is 376 g/mol. The third-order valence-electron chi connectivity index (χ3n) is 5.73. The second-order valence-corrected chi connectivity index (χ2v) is 7.92. The van der Waals surface area contributed by atoms with Gasteiger partial charge < -0.3 is 15.5 Å². The van der Waals surface area contributed by atoms with E-state index >= 15 is 0 Å². The Hall–Kier alpha value is -4.11. The number of rotatable bonds is 2. The summed E-state index contributed by atoms with van der Waals surface area (Å²) in [7, 11) is 0. The zero-order valence-electron chi connectivity index (χ0n) is 16.5. The lowest BCUT2D eigenvalue weighted by atomic mass is 9.71. The first-order chi connectivity index (χ1) is 14.4. The van der Waals surface area contributed by atoms with Crippen LogP contribution in [-0.4, -0.2) is 15.8 Å². The van der Waals surface area contributed by atoms with Crippen molar-refractivity contribution in [1.29, 1.82) is 5.26 Å². The molecule has 4 aromatic rings. The van der Waals surface area contributed by atoms with Crippen molar-refractivity contribution in [3.05, 3.63) is 82.8 Å². The predicted molar refractivity (Wildman–Crippen MR) is 114 cm³/mol. The van der Waals surface area contributed by atoms with Crippen molar-refractivity contribution in [2.45, 2.75) is 19.3 Å². The van der Waals surface area contributed by atoms with Crippen molar-refractivity contribution in [1.82, 2.24) is 9.97 Å². The molecule has 2 aromatic carbocycles. The second-order valence-electron chi connectivity index (χ2n) is 7.92. The van der Waals surface area contributed by atoms with Gasteiger partial charge in [0, 0.05) is 40.0 Å². The monoisotopic (exact) mass is 394 g/mol. The topological polar surface area (TPSA) is 105 Å². The minimum absolute atomic E-state index is 0.0857. The molecule has 2 aromatic heterocycles. The summed E-state index contributed by atoms with van der Waals surface area (Å²) >= 11 is 0. The van der Waals surface area contributed by atoms with Crippen LogP contribution in [0.5, 0.6) is 11.5 Å². The van der Waals surface area contributed by atoms with Gasteiger partial charge in [-0.05, 0) is 42.0 Å². The average Bonchev–Trinajstić information content (AvgIpc) is 3.14. The Morgan fingerprint density at radius 1 is 1.13 bits per heavy atom. The van der Waals surface area contributed by atoms with E-state index in [9.17, 15) is 10.1 Å². The molecule has 1 aliphatic rings. The number of nitrogens with one attached hydrogen (secondary N) is 1. The lowest BCUT2D eigenvalue weighted by Crippen LogP contribution is -2.30. The van der Waals surface area contributed by atoms with Crippen LogP contribution >= 0.6 is 0 Å². The van der Waals surface area contributed by atoms with Crippen molar-refractivity contribution in [2.75, 3.05) is 5.73 Å². The molecule has 0 bridgehead atoms. The summed E-state index contributed by atoms with van der Waals surface area (Å²) in [4.78, 5) is 20.8. The molecule has 1 aliphatic carbocycles. The van der Waals surface area contributed by atoms with Crippen molar-refractivity contribution < 1.29 is 9.53 Å². The van der Waals surface area contributed by atoms with E-state index < -0.39 is 5.41 Å². The van der Waals surface area contributed by atoms with Gasteiger partial charge in [0.15, 0.2) is 11.5 Å². The SMILES string of the molecule is CC1(C)c2cc(Oc3ccncc3)c(N)cc2C(=O)c2c1[nH]c1cc(C#N)ccc21. The molecule has 0 aliphatic heterocycles. The molecule has 0 amide bonds. The molecule has 0 unspecified atom stereocenters. The standard InChI is InChI=1S/C24H18N4O2/c1-24(2)17-11-20(30-14-5-7-27-8-6-14)18(26)10-16(17)22(29)21-15-4-3-13(12-25)9-19(15)28-23(21)24/h3-11,28H,26H2,1-2H3. The fourth-order valence-electron chi connectivity index (χ4n) is 4.16. The predicted octanol–water partition coefficient (Wildman–Crippen LogP) is 4.68. The Labute approximate surface area is 172 Å². The maximum absolute atomic E-state index is 13.5. The molecule has 6 heteroatoms. The highest BCUT2D eigenvalue weighted by Gasteiger charge is 2.40. The number of ketones is 1. The molecule has 0 radical (unpaired) electrons. The molecule has 0 saturated heterocycles. The van der Waals surface area contributed by atoms with Crippen molar-refractivity contribution in [3.63, 3.8) is 0 Å². The summed E-state index contributed by atoms with van der Waals surface area (Å²) < 4.78 is 5.96. The number of aromatic amines is 1. The van der Waals surface area contributed by atoms with Crippen LogP contribution in [0, 0.1) is 11.3 Å². The van der Waals surface area contributed by atoms with E-state index in [1.807, 2.05) is 12.1 Å². The first kappa shape index (κ1) is 18.0. The Kier molecular flexibility index (Phi) is 3.71. The highest BCUT2D eigenvalue weighted by molar-refractivity contribution is 6.20. The normalized spacial score (nSPS) is 14.1. The van der Waals surface area contributed by atoms with E-state index in [0.29, 0.717) is 33.9 Å². The number of fused-ring (bicyclic) bond motifs is 4. The highest BCUT2D eigenvalue weighted by atomic mass is 16.5. The largest absolute Gasteiger partial charge is 0.455 e. The third kappa shape index (κ3) is 2.49. The first-order valence-corrected chi connectivity index (χ1v) is 9.53. The number of benzene rings is 2. The van der Waals surface area contributed by atoms with Gasteiger partial charge in [-0.2, -0.15) is 5.26 Å². The number of hydrogen-bond donors (Lipinski definition) is 2. The van der Waals surface area contributed by atoms with Gasteiger partial charge in [0.1, 0.15) is 5.75 Å². The molecule has 0 fully saturated rings. The number of ether oxygens (including phenoxy) is 1. The van der Waals surface area contributed by atoms with E-state index in [1.54, 1.807) is 42.7 Å². The van der Waals surface area contributed by atoms with E-state index in [1.165, 1.54) is 0 Å². The fourth-order valence-corrected chi connectivity index (χ4v) is 4.16. The summed E-state index contributed by atoms with van der Waals surface area (Å²) in [5, 5.41) is 10.0. The molecular formula is C24H18N4O2. The molecule has 5 rings (SSSR count). The van der Waals surface area contributed by atoms with Crippen molar-refractivity contribution in [2.24, 2.45) is 0 Å². The summed E-state index contributed by atoms with van der Waals surface area (Å²) in [5.41, 5.74) is 10.3. The quantitative estimate of drug-likeness (QED) is 0.480. The molecule has 2 heterocycles. The maximum Gasteiger partial charge on any atom is 0.195 e. The zero-order chi connectivity index (χ0) is 21.0. The number of anilines is 1. The molecule has 146 valence electrons. The second kappa shape index (κ2) is 6.19. The molecule has 6 nitrogen and oxygen atoms in total. The Morgan fingerprint density at radius 2 is 1.90 bits per heavy atom. The smallest absolute Gasteiger partial charge is 0.195 e. The van der Waals surface area contributed by atoms with Crippen LogP contribution in [0.15, 0.2) is 54.9 Å². The number of H-pyrrole nitrogens is 1. The Morgan fingerprint density at radius 3 is 2.63 bits per heavy atom. The molecule has 0 saturated carbocycles. The van der Waals surface area contributed by atoms with Gasteiger partial charge in [-0.1, -0.05) is 19.9 Å². The number of aromatic nitrogens is 2. The number of nitrogens with two attached hydrogens (primary N) is 1. The average molecular weight is 394 g/mol. The summed E-state index contributed by atoms with van der Waals surface area (Å²) in [5.74, 6) is 1.02. The summed E-state index contributed by atoms with van der Waals surface area (Å²) in [6, 6.07) is 14.5. The first-order valence-electron chi connectivity index (χ1n) is 9.53.